The fraction of sp³-hybridized carbons (Fsp3) is 0.583. The second-order valence-electron chi connectivity index (χ2n) is 4.27. The highest BCUT2D eigenvalue weighted by Crippen LogP contribution is 2.12. The Hall–Kier alpha value is -0.610. The van der Waals surface area contributed by atoms with E-state index >= 15 is 0 Å². The van der Waals surface area contributed by atoms with Gasteiger partial charge in [-0.05, 0) is 47.8 Å². The molecule has 0 aromatic carbocycles. The maximum Gasteiger partial charge on any atom is 0.251 e. The highest BCUT2D eigenvalue weighted by Gasteiger charge is 2.12. The topological polar surface area (TPSA) is 34.0 Å². The molecule has 0 aliphatic carbocycles. The van der Waals surface area contributed by atoms with Gasteiger partial charge in [0.05, 0.1) is 4.60 Å². The molecule has 0 bridgehead atoms. The van der Waals surface area contributed by atoms with E-state index in [0.29, 0.717) is 6.04 Å². The van der Waals surface area contributed by atoms with Crippen LogP contribution in [-0.2, 0) is 6.54 Å². The molecule has 1 aromatic heterocycles. The summed E-state index contributed by atoms with van der Waals surface area (Å²) in [4.78, 5) is 11.6. The lowest BCUT2D eigenvalue weighted by Crippen LogP contribution is -2.35. The molecule has 1 aliphatic rings. The van der Waals surface area contributed by atoms with Gasteiger partial charge in [0.25, 0.3) is 5.56 Å². The Kier molecular flexibility index (Phi) is 4.18. The van der Waals surface area contributed by atoms with Gasteiger partial charge in [-0.25, -0.2) is 0 Å². The maximum atomic E-state index is 11.6. The quantitative estimate of drug-likeness (QED) is 0.863. The van der Waals surface area contributed by atoms with Crippen LogP contribution in [0.2, 0.25) is 0 Å². The van der Waals surface area contributed by atoms with E-state index in [1.54, 1.807) is 16.7 Å². The predicted octanol–water partition coefficient (Wildman–Crippen LogP) is 2.14. The van der Waals surface area contributed by atoms with E-state index in [2.05, 4.69) is 21.2 Å². The van der Waals surface area contributed by atoms with Crippen molar-refractivity contribution in [1.82, 2.24) is 9.88 Å². The van der Waals surface area contributed by atoms with Crippen LogP contribution >= 0.6 is 15.9 Å². The summed E-state index contributed by atoms with van der Waals surface area (Å²) in [5.74, 6) is 0. The van der Waals surface area contributed by atoms with Crippen molar-refractivity contribution in [1.29, 1.82) is 0 Å². The summed E-state index contributed by atoms with van der Waals surface area (Å²) in [6.45, 7) is 1.91. The smallest absolute Gasteiger partial charge is 0.251 e. The zero-order valence-electron chi connectivity index (χ0n) is 9.29. The van der Waals surface area contributed by atoms with E-state index in [9.17, 15) is 4.79 Å². The monoisotopic (exact) mass is 284 g/mol. The Morgan fingerprint density at radius 3 is 3.00 bits per heavy atom. The van der Waals surface area contributed by atoms with Gasteiger partial charge >= 0.3 is 0 Å². The number of hydrogen-bond acceptors (Lipinski definition) is 2. The first kappa shape index (κ1) is 11.9. The molecule has 0 amide bonds. The van der Waals surface area contributed by atoms with Gasteiger partial charge in [-0.15, -0.1) is 0 Å². The Balaban J connectivity index is 1.96. The summed E-state index contributed by atoms with van der Waals surface area (Å²) >= 11 is 3.41. The first-order valence-corrected chi connectivity index (χ1v) is 6.65. The highest BCUT2D eigenvalue weighted by molar-refractivity contribution is 9.10. The van der Waals surface area contributed by atoms with Crippen LogP contribution in [0.4, 0.5) is 0 Å². The number of piperidine rings is 1. The Morgan fingerprint density at radius 2 is 2.31 bits per heavy atom. The summed E-state index contributed by atoms with van der Waals surface area (Å²) in [5.41, 5.74) is 0.0742. The predicted molar refractivity (Wildman–Crippen MR) is 68.7 cm³/mol. The van der Waals surface area contributed by atoms with Crippen molar-refractivity contribution in [2.45, 2.75) is 38.3 Å². The SMILES string of the molecule is O=c1cccc(Br)n1CCC1CCCCN1. The summed E-state index contributed by atoms with van der Waals surface area (Å²) in [5, 5.41) is 3.50. The maximum absolute atomic E-state index is 11.6. The molecule has 1 N–H and O–H groups in total. The van der Waals surface area contributed by atoms with Crippen molar-refractivity contribution >= 4 is 15.9 Å². The van der Waals surface area contributed by atoms with Crippen LogP contribution in [0.25, 0.3) is 0 Å². The van der Waals surface area contributed by atoms with Crippen LogP contribution in [-0.4, -0.2) is 17.2 Å². The third-order valence-corrected chi connectivity index (χ3v) is 3.80. The van der Waals surface area contributed by atoms with Crippen LogP contribution in [0, 0.1) is 0 Å². The molecule has 4 heteroatoms. The molecule has 2 rings (SSSR count). The lowest BCUT2D eigenvalue weighted by Gasteiger charge is -2.23. The molecule has 1 atom stereocenters. The number of nitrogens with one attached hydrogen (secondary N) is 1. The molecule has 0 radical (unpaired) electrons. The fourth-order valence-electron chi connectivity index (χ4n) is 2.17. The van der Waals surface area contributed by atoms with Crippen LogP contribution in [0.15, 0.2) is 27.6 Å². The van der Waals surface area contributed by atoms with Gasteiger partial charge in [-0.2, -0.15) is 0 Å². The Bertz CT molecular complexity index is 396. The standard InChI is InChI=1S/C12H17BrN2O/c13-11-5-3-6-12(16)15(11)9-7-10-4-1-2-8-14-10/h3,5-6,10,14H,1-2,4,7-9H2. The van der Waals surface area contributed by atoms with Crippen molar-refractivity contribution in [3.63, 3.8) is 0 Å². The van der Waals surface area contributed by atoms with E-state index in [0.717, 1.165) is 24.1 Å². The Labute approximate surface area is 104 Å². The first-order valence-electron chi connectivity index (χ1n) is 5.86. The van der Waals surface area contributed by atoms with Gasteiger partial charge in [0, 0.05) is 18.7 Å². The molecule has 0 spiro atoms. The number of nitrogens with zero attached hydrogens (tertiary/aromatic N) is 1. The van der Waals surface area contributed by atoms with Crippen molar-refractivity contribution in [2.24, 2.45) is 0 Å². The highest BCUT2D eigenvalue weighted by atomic mass is 79.9. The fourth-order valence-corrected chi connectivity index (χ4v) is 2.67. The lowest BCUT2D eigenvalue weighted by molar-refractivity contribution is 0.364. The van der Waals surface area contributed by atoms with Crippen LogP contribution in [0.3, 0.4) is 0 Å². The summed E-state index contributed by atoms with van der Waals surface area (Å²) in [7, 11) is 0. The molecule has 88 valence electrons. The molecular weight excluding hydrogens is 268 g/mol. The van der Waals surface area contributed by atoms with Crippen LogP contribution in [0.1, 0.15) is 25.7 Å². The third-order valence-electron chi connectivity index (χ3n) is 3.11. The summed E-state index contributed by atoms with van der Waals surface area (Å²) < 4.78 is 2.66. The third kappa shape index (κ3) is 2.95. The minimum Gasteiger partial charge on any atom is -0.314 e. The normalized spacial score (nSPS) is 20.9. The van der Waals surface area contributed by atoms with E-state index in [1.165, 1.54) is 19.3 Å². The van der Waals surface area contributed by atoms with Crippen molar-refractivity contribution < 1.29 is 0 Å². The van der Waals surface area contributed by atoms with Gasteiger partial charge in [0.2, 0.25) is 0 Å². The van der Waals surface area contributed by atoms with E-state index in [1.807, 2.05) is 6.07 Å². The second kappa shape index (κ2) is 5.64. The molecule has 2 heterocycles. The zero-order chi connectivity index (χ0) is 11.4. The average Bonchev–Trinajstić information content (AvgIpc) is 2.30. The number of rotatable bonds is 3. The summed E-state index contributed by atoms with van der Waals surface area (Å²) in [6.07, 6.45) is 4.86. The minimum absolute atomic E-state index is 0.0742. The molecule has 1 unspecified atom stereocenters. The first-order chi connectivity index (χ1) is 7.77. The Morgan fingerprint density at radius 1 is 1.44 bits per heavy atom. The molecule has 1 fully saturated rings. The second-order valence-corrected chi connectivity index (χ2v) is 5.09. The lowest BCUT2D eigenvalue weighted by atomic mass is 10.0. The summed E-state index contributed by atoms with van der Waals surface area (Å²) in [6, 6.07) is 5.88. The van der Waals surface area contributed by atoms with Gasteiger partial charge in [-0.3, -0.25) is 4.79 Å². The largest absolute Gasteiger partial charge is 0.314 e. The van der Waals surface area contributed by atoms with Crippen molar-refractivity contribution in [3.05, 3.63) is 33.2 Å². The molecule has 3 nitrogen and oxygen atoms in total. The van der Waals surface area contributed by atoms with Crippen LogP contribution < -0.4 is 10.9 Å². The van der Waals surface area contributed by atoms with Crippen molar-refractivity contribution in [2.75, 3.05) is 6.54 Å². The molecule has 1 aromatic rings. The van der Waals surface area contributed by atoms with Crippen LogP contribution in [0.5, 0.6) is 0 Å². The van der Waals surface area contributed by atoms with Crippen molar-refractivity contribution in [3.8, 4) is 0 Å². The van der Waals surface area contributed by atoms with E-state index in [-0.39, 0.29) is 5.56 Å². The van der Waals surface area contributed by atoms with E-state index < -0.39 is 0 Å². The number of halogens is 1. The van der Waals surface area contributed by atoms with Gasteiger partial charge in [0.15, 0.2) is 0 Å². The number of hydrogen-bond donors (Lipinski definition) is 1. The number of aromatic nitrogens is 1. The molecule has 0 saturated carbocycles. The average molecular weight is 285 g/mol. The van der Waals surface area contributed by atoms with Gasteiger partial charge in [0.1, 0.15) is 0 Å². The van der Waals surface area contributed by atoms with Gasteiger partial charge in [-0.1, -0.05) is 12.5 Å². The molecule has 1 aliphatic heterocycles. The molecule has 1 saturated heterocycles. The molecular formula is C12H17BrN2O. The minimum atomic E-state index is 0.0742. The van der Waals surface area contributed by atoms with Gasteiger partial charge < -0.3 is 9.88 Å². The van der Waals surface area contributed by atoms with E-state index in [4.69, 9.17) is 0 Å². The zero-order valence-corrected chi connectivity index (χ0v) is 10.9. The molecule has 16 heavy (non-hydrogen) atoms. The number of pyridine rings is 1.